The smallest absolute Gasteiger partial charge is 0.250 e. The number of aliphatic hydroxyl groups excluding tert-OH is 1. The Bertz CT molecular complexity index is 160. The standard InChI is InChI=1S/C5H10N2O3S/c1-11-5(4-7(9)10)6-2-3-8/h8H,2-4H2,1H3. The highest BCUT2D eigenvalue weighted by molar-refractivity contribution is 8.13. The average molecular weight is 178 g/mol. The Labute approximate surface area is 68.7 Å². The Morgan fingerprint density at radius 1 is 1.82 bits per heavy atom. The van der Waals surface area contributed by atoms with Crippen molar-refractivity contribution in [3.05, 3.63) is 10.1 Å². The Balaban J connectivity index is 3.83. The van der Waals surface area contributed by atoms with Crippen LogP contribution in [0, 0.1) is 10.1 Å². The summed E-state index contributed by atoms with van der Waals surface area (Å²) in [4.78, 5) is 13.3. The third kappa shape index (κ3) is 5.81. The van der Waals surface area contributed by atoms with Crippen molar-refractivity contribution in [2.75, 3.05) is 26.0 Å². The van der Waals surface area contributed by atoms with Crippen molar-refractivity contribution >= 4 is 16.8 Å². The van der Waals surface area contributed by atoms with Gasteiger partial charge in [-0.05, 0) is 6.26 Å². The second-order valence-corrected chi connectivity index (χ2v) is 2.57. The van der Waals surface area contributed by atoms with Crippen LogP contribution < -0.4 is 0 Å². The molecule has 11 heavy (non-hydrogen) atoms. The van der Waals surface area contributed by atoms with Gasteiger partial charge < -0.3 is 5.11 Å². The zero-order valence-corrected chi connectivity index (χ0v) is 7.00. The van der Waals surface area contributed by atoms with Gasteiger partial charge in [0.05, 0.1) is 13.2 Å². The van der Waals surface area contributed by atoms with E-state index in [1.54, 1.807) is 6.26 Å². The van der Waals surface area contributed by atoms with E-state index in [1.165, 1.54) is 11.8 Å². The molecule has 0 saturated carbocycles. The molecule has 0 aliphatic heterocycles. The van der Waals surface area contributed by atoms with Crippen molar-refractivity contribution in [2.45, 2.75) is 0 Å². The second kappa shape index (κ2) is 6.11. The minimum atomic E-state index is -0.438. The topological polar surface area (TPSA) is 75.7 Å². The molecule has 0 fully saturated rings. The molecule has 0 atom stereocenters. The number of aliphatic hydroxyl groups is 1. The molecule has 0 rings (SSSR count). The van der Waals surface area contributed by atoms with Crippen LogP contribution in [0.1, 0.15) is 0 Å². The molecule has 64 valence electrons. The van der Waals surface area contributed by atoms with E-state index in [4.69, 9.17) is 5.11 Å². The van der Waals surface area contributed by atoms with Crippen LogP contribution in [0.2, 0.25) is 0 Å². The molecule has 0 aliphatic rings. The number of hydrogen-bond donors (Lipinski definition) is 1. The number of aliphatic imine (C=N–C) groups is 1. The Morgan fingerprint density at radius 2 is 2.45 bits per heavy atom. The van der Waals surface area contributed by atoms with Crippen LogP contribution in [-0.4, -0.2) is 41.0 Å². The van der Waals surface area contributed by atoms with Crippen LogP contribution in [0.4, 0.5) is 0 Å². The minimum absolute atomic E-state index is 0.0677. The molecule has 0 aliphatic carbocycles. The SMILES string of the molecule is CSC(C[N+](=O)[O-])=NCCO. The lowest BCUT2D eigenvalue weighted by Gasteiger charge is -1.95. The molecule has 0 heterocycles. The zero-order chi connectivity index (χ0) is 8.69. The summed E-state index contributed by atoms with van der Waals surface area (Å²) in [6, 6.07) is 0. The fraction of sp³-hybridized carbons (Fsp3) is 0.800. The summed E-state index contributed by atoms with van der Waals surface area (Å²) in [5, 5.41) is 18.8. The van der Waals surface area contributed by atoms with Gasteiger partial charge in [0.1, 0.15) is 5.04 Å². The van der Waals surface area contributed by atoms with Gasteiger partial charge in [-0.25, -0.2) is 0 Å². The average Bonchev–Trinajstić information content (AvgIpc) is 1.97. The van der Waals surface area contributed by atoms with Gasteiger partial charge in [-0.3, -0.25) is 15.1 Å². The summed E-state index contributed by atoms with van der Waals surface area (Å²) < 4.78 is 0. The highest BCUT2D eigenvalue weighted by atomic mass is 32.2. The van der Waals surface area contributed by atoms with Gasteiger partial charge in [0, 0.05) is 4.92 Å². The molecular weight excluding hydrogens is 168 g/mol. The maximum atomic E-state index is 9.98. The second-order valence-electron chi connectivity index (χ2n) is 1.69. The summed E-state index contributed by atoms with van der Waals surface area (Å²) in [5.41, 5.74) is 0. The lowest BCUT2D eigenvalue weighted by atomic mass is 10.6. The van der Waals surface area contributed by atoms with Crippen molar-refractivity contribution < 1.29 is 10.0 Å². The van der Waals surface area contributed by atoms with E-state index in [9.17, 15) is 10.1 Å². The van der Waals surface area contributed by atoms with Crippen molar-refractivity contribution in [1.29, 1.82) is 0 Å². The Kier molecular flexibility index (Phi) is 5.77. The molecule has 0 aromatic rings. The van der Waals surface area contributed by atoms with Crippen molar-refractivity contribution in [2.24, 2.45) is 4.99 Å². The van der Waals surface area contributed by atoms with Gasteiger partial charge in [0.2, 0.25) is 0 Å². The molecule has 6 heteroatoms. The van der Waals surface area contributed by atoms with Crippen LogP contribution in [-0.2, 0) is 0 Å². The lowest BCUT2D eigenvalue weighted by molar-refractivity contribution is -0.462. The van der Waals surface area contributed by atoms with Gasteiger partial charge in [0.15, 0.2) is 0 Å². The predicted octanol–water partition coefficient (Wildman–Crippen LogP) is 0.0169. The van der Waals surface area contributed by atoms with Crippen LogP contribution >= 0.6 is 11.8 Å². The third-order valence-corrected chi connectivity index (χ3v) is 1.62. The maximum absolute atomic E-state index is 9.98. The number of nitro groups is 1. The van der Waals surface area contributed by atoms with E-state index in [0.717, 1.165) is 0 Å². The first kappa shape index (κ1) is 10.4. The third-order valence-electron chi connectivity index (χ3n) is 0.888. The molecule has 0 amide bonds. The van der Waals surface area contributed by atoms with Gasteiger partial charge in [0.25, 0.3) is 6.54 Å². The van der Waals surface area contributed by atoms with Crippen molar-refractivity contribution in [3.63, 3.8) is 0 Å². The monoisotopic (exact) mass is 178 g/mol. The molecule has 0 saturated heterocycles. The molecule has 0 radical (unpaired) electrons. The van der Waals surface area contributed by atoms with Crippen LogP contribution in [0.5, 0.6) is 0 Å². The van der Waals surface area contributed by atoms with Crippen LogP contribution in [0.15, 0.2) is 4.99 Å². The quantitative estimate of drug-likeness (QED) is 0.285. The predicted molar refractivity (Wildman–Crippen MR) is 44.8 cm³/mol. The molecule has 0 aromatic heterocycles. The van der Waals surface area contributed by atoms with E-state index in [-0.39, 0.29) is 19.7 Å². The largest absolute Gasteiger partial charge is 0.394 e. The van der Waals surface area contributed by atoms with E-state index < -0.39 is 4.92 Å². The van der Waals surface area contributed by atoms with Gasteiger partial charge in [-0.2, -0.15) is 0 Å². The van der Waals surface area contributed by atoms with Crippen molar-refractivity contribution in [1.82, 2.24) is 0 Å². The number of rotatable bonds is 4. The van der Waals surface area contributed by atoms with Gasteiger partial charge >= 0.3 is 0 Å². The zero-order valence-electron chi connectivity index (χ0n) is 6.19. The van der Waals surface area contributed by atoms with E-state index in [0.29, 0.717) is 5.04 Å². The molecule has 0 spiro atoms. The fourth-order valence-corrected chi connectivity index (χ4v) is 0.919. The highest BCUT2D eigenvalue weighted by Gasteiger charge is 2.04. The summed E-state index contributed by atoms with van der Waals surface area (Å²) in [7, 11) is 0. The number of thioether (sulfide) groups is 1. The molecule has 0 aromatic carbocycles. The number of nitrogens with zero attached hydrogens (tertiary/aromatic N) is 2. The molecule has 1 N–H and O–H groups in total. The first-order chi connectivity index (χ1) is 5.20. The number of hydrogen-bond acceptors (Lipinski definition) is 5. The summed E-state index contributed by atoms with van der Waals surface area (Å²) >= 11 is 1.24. The van der Waals surface area contributed by atoms with Crippen LogP contribution in [0.25, 0.3) is 0 Å². The van der Waals surface area contributed by atoms with Crippen LogP contribution in [0.3, 0.4) is 0 Å². The lowest BCUT2D eigenvalue weighted by Crippen LogP contribution is -2.11. The van der Waals surface area contributed by atoms with Gasteiger partial charge in [-0.1, -0.05) is 0 Å². The Morgan fingerprint density at radius 3 is 2.82 bits per heavy atom. The van der Waals surface area contributed by atoms with E-state index in [2.05, 4.69) is 4.99 Å². The summed E-state index contributed by atoms with van der Waals surface area (Å²) in [6.07, 6.45) is 1.72. The minimum Gasteiger partial charge on any atom is -0.394 e. The van der Waals surface area contributed by atoms with E-state index >= 15 is 0 Å². The summed E-state index contributed by atoms with van der Waals surface area (Å²) in [6.45, 7) is -0.0764. The summed E-state index contributed by atoms with van der Waals surface area (Å²) in [5.74, 6) is 0. The molecular formula is C5H10N2O3S. The Hall–Kier alpha value is -0.620. The normalized spacial score (nSPS) is 11.6. The molecule has 5 nitrogen and oxygen atoms in total. The van der Waals surface area contributed by atoms with Gasteiger partial charge in [-0.15, -0.1) is 11.8 Å². The maximum Gasteiger partial charge on any atom is 0.250 e. The fourth-order valence-electron chi connectivity index (χ4n) is 0.464. The molecule has 0 unspecified atom stereocenters. The highest BCUT2D eigenvalue weighted by Crippen LogP contribution is 1.97. The van der Waals surface area contributed by atoms with E-state index in [1.807, 2.05) is 0 Å². The van der Waals surface area contributed by atoms with Crippen molar-refractivity contribution in [3.8, 4) is 0 Å². The first-order valence-corrected chi connectivity index (χ1v) is 4.23. The first-order valence-electron chi connectivity index (χ1n) is 3.00. The molecule has 0 bridgehead atoms.